The Morgan fingerprint density at radius 2 is 1.90 bits per heavy atom. The molecule has 0 spiro atoms. The molecule has 0 heterocycles. The molecule has 1 fully saturated rings. The van der Waals surface area contributed by atoms with E-state index in [0.29, 0.717) is 5.92 Å². The van der Waals surface area contributed by atoms with Crippen LogP contribution in [-0.2, 0) is 0 Å². The molecule has 1 aliphatic rings. The summed E-state index contributed by atoms with van der Waals surface area (Å²) in [7, 11) is 0. The number of hydrogen-bond donors (Lipinski definition) is 1. The molecule has 1 saturated carbocycles. The molecule has 0 unspecified atom stereocenters. The van der Waals surface area contributed by atoms with Gasteiger partial charge in [-0.1, -0.05) is 58.1 Å². The molecule has 0 bridgehead atoms. The average molecular weight is 275 g/mol. The Morgan fingerprint density at radius 3 is 2.65 bits per heavy atom. The topological polar surface area (TPSA) is 21.3 Å². The molecule has 0 aliphatic heterocycles. The van der Waals surface area contributed by atoms with E-state index in [9.17, 15) is 0 Å². The van der Waals surface area contributed by atoms with Gasteiger partial charge in [-0.05, 0) is 30.4 Å². The number of benzene rings is 1. The van der Waals surface area contributed by atoms with E-state index in [2.05, 4.69) is 37.4 Å². The first-order chi connectivity index (χ1) is 9.75. The molecule has 0 amide bonds. The quantitative estimate of drug-likeness (QED) is 0.747. The van der Waals surface area contributed by atoms with E-state index in [1.807, 2.05) is 6.07 Å². The zero-order valence-corrected chi connectivity index (χ0v) is 13.0. The van der Waals surface area contributed by atoms with Gasteiger partial charge in [0.15, 0.2) is 0 Å². The van der Waals surface area contributed by atoms with Gasteiger partial charge in [0.05, 0.1) is 12.3 Å². The molecule has 112 valence electrons. The largest absolute Gasteiger partial charge is 0.491 e. The predicted molar refractivity (Wildman–Crippen MR) is 86.5 cm³/mol. The Hall–Kier alpha value is -1.18. The third-order valence-electron chi connectivity index (χ3n) is 4.05. The highest BCUT2D eigenvalue weighted by Gasteiger charge is 2.13. The first kappa shape index (κ1) is 15.2. The molecule has 1 aliphatic carbocycles. The number of para-hydroxylation sites is 2. The Balaban J connectivity index is 1.79. The monoisotopic (exact) mass is 275 g/mol. The molecule has 0 atom stereocenters. The summed E-state index contributed by atoms with van der Waals surface area (Å²) < 4.78 is 5.88. The zero-order chi connectivity index (χ0) is 14.2. The van der Waals surface area contributed by atoms with E-state index in [1.54, 1.807) is 0 Å². The van der Waals surface area contributed by atoms with Gasteiger partial charge in [-0.15, -0.1) is 0 Å². The summed E-state index contributed by atoms with van der Waals surface area (Å²) >= 11 is 0. The van der Waals surface area contributed by atoms with Gasteiger partial charge in [0.1, 0.15) is 5.75 Å². The molecule has 2 nitrogen and oxygen atoms in total. The third kappa shape index (κ3) is 5.07. The van der Waals surface area contributed by atoms with Crippen LogP contribution in [0.5, 0.6) is 5.75 Å². The number of nitrogens with one attached hydrogen (secondary N) is 1. The fourth-order valence-electron chi connectivity index (χ4n) is 2.88. The summed E-state index contributed by atoms with van der Waals surface area (Å²) in [5.74, 6) is 2.48. The Bertz CT molecular complexity index is 383. The second kappa shape index (κ2) is 8.18. The molecule has 20 heavy (non-hydrogen) atoms. The smallest absolute Gasteiger partial charge is 0.142 e. The summed E-state index contributed by atoms with van der Waals surface area (Å²) in [6, 6.07) is 8.30. The van der Waals surface area contributed by atoms with Crippen LogP contribution in [0.15, 0.2) is 24.3 Å². The summed E-state index contributed by atoms with van der Waals surface area (Å²) in [5.41, 5.74) is 1.14. The van der Waals surface area contributed by atoms with Crippen LogP contribution < -0.4 is 10.1 Å². The van der Waals surface area contributed by atoms with Crippen molar-refractivity contribution in [2.45, 2.75) is 52.4 Å². The fourth-order valence-corrected chi connectivity index (χ4v) is 2.88. The average Bonchev–Trinajstić information content (AvgIpc) is 2.47. The highest BCUT2D eigenvalue weighted by atomic mass is 16.5. The van der Waals surface area contributed by atoms with Crippen molar-refractivity contribution in [2.75, 3.05) is 18.5 Å². The molecular formula is C18H29NO. The summed E-state index contributed by atoms with van der Waals surface area (Å²) in [4.78, 5) is 0. The lowest BCUT2D eigenvalue weighted by Crippen LogP contribution is -2.13. The van der Waals surface area contributed by atoms with Gasteiger partial charge in [-0.2, -0.15) is 0 Å². The first-order valence-electron chi connectivity index (χ1n) is 8.21. The first-order valence-corrected chi connectivity index (χ1v) is 8.21. The van der Waals surface area contributed by atoms with Crippen molar-refractivity contribution in [3.05, 3.63) is 24.3 Å². The zero-order valence-electron chi connectivity index (χ0n) is 13.0. The minimum Gasteiger partial charge on any atom is -0.491 e. The van der Waals surface area contributed by atoms with Crippen molar-refractivity contribution in [1.82, 2.24) is 0 Å². The van der Waals surface area contributed by atoms with Crippen molar-refractivity contribution in [3.8, 4) is 5.75 Å². The number of hydrogen-bond acceptors (Lipinski definition) is 2. The maximum Gasteiger partial charge on any atom is 0.142 e. The fraction of sp³-hybridized carbons (Fsp3) is 0.667. The predicted octanol–water partition coefficient (Wildman–Crippen LogP) is 5.10. The normalized spacial score (nSPS) is 16.4. The summed E-state index contributed by atoms with van der Waals surface area (Å²) in [5, 5.41) is 3.56. The van der Waals surface area contributed by atoms with Crippen LogP contribution in [0, 0.1) is 11.8 Å². The maximum atomic E-state index is 5.88. The Kier molecular flexibility index (Phi) is 6.23. The second-order valence-electron chi connectivity index (χ2n) is 6.42. The van der Waals surface area contributed by atoms with E-state index in [-0.39, 0.29) is 0 Å². The molecule has 0 aromatic heterocycles. The number of anilines is 1. The van der Waals surface area contributed by atoms with Crippen molar-refractivity contribution in [1.29, 1.82) is 0 Å². The highest BCUT2D eigenvalue weighted by molar-refractivity contribution is 5.56. The molecule has 2 heteroatoms. The van der Waals surface area contributed by atoms with Crippen molar-refractivity contribution >= 4 is 5.69 Å². The summed E-state index contributed by atoms with van der Waals surface area (Å²) in [6.07, 6.45) is 8.44. The van der Waals surface area contributed by atoms with Crippen LogP contribution >= 0.6 is 0 Å². The lowest BCUT2D eigenvalue weighted by molar-refractivity contribution is 0.272. The van der Waals surface area contributed by atoms with Crippen LogP contribution in [0.2, 0.25) is 0 Å². The maximum absolute atomic E-state index is 5.88. The van der Waals surface area contributed by atoms with Crippen LogP contribution in [-0.4, -0.2) is 13.2 Å². The second-order valence-corrected chi connectivity index (χ2v) is 6.42. The van der Waals surface area contributed by atoms with Crippen LogP contribution in [0.1, 0.15) is 52.4 Å². The molecule has 0 saturated heterocycles. The molecule has 2 rings (SSSR count). The van der Waals surface area contributed by atoms with Crippen molar-refractivity contribution in [2.24, 2.45) is 11.8 Å². The van der Waals surface area contributed by atoms with Gasteiger partial charge in [-0.3, -0.25) is 0 Å². The lowest BCUT2D eigenvalue weighted by atomic mass is 9.87. The minimum atomic E-state index is 0.560. The molecule has 1 aromatic carbocycles. The van der Waals surface area contributed by atoms with Crippen molar-refractivity contribution < 1.29 is 4.74 Å². The van der Waals surface area contributed by atoms with Gasteiger partial charge in [-0.25, -0.2) is 0 Å². The third-order valence-corrected chi connectivity index (χ3v) is 4.05. The summed E-state index contributed by atoms with van der Waals surface area (Å²) in [6.45, 7) is 6.20. The van der Waals surface area contributed by atoms with E-state index in [1.165, 1.54) is 38.5 Å². The molecule has 1 N–H and O–H groups in total. The van der Waals surface area contributed by atoms with Gasteiger partial charge in [0, 0.05) is 6.54 Å². The molecular weight excluding hydrogens is 246 g/mol. The van der Waals surface area contributed by atoms with E-state index >= 15 is 0 Å². The van der Waals surface area contributed by atoms with Crippen LogP contribution in [0.3, 0.4) is 0 Å². The van der Waals surface area contributed by atoms with Gasteiger partial charge in [0.2, 0.25) is 0 Å². The van der Waals surface area contributed by atoms with Gasteiger partial charge in [0.25, 0.3) is 0 Å². The van der Waals surface area contributed by atoms with Crippen molar-refractivity contribution in [3.63, 3.8) is 0 Å². The van der Waals surface area contributed by atoms with E-state index < -0.39 is 0 Å². The van der Waals surface area contributed by atoms with Crippen LogP contribution in [0.4, 0.5) is 5.69 Å². The van der Waals surface area contributed by atoms with Gasteiger partial charge < -0.3 is 10.1 Å². The van der Waals surface area contributed by atoms with Gasteiger partial charge >= 0.3 is 0 Å². The SMILES string of the molecule is CC(C)COc1ccccc1NCCC1CCCCC1. The Morgan fingerprint density at radius 1 is 1.15 bits per heavy atom. The number of ether oxygens (including phenoxy) is 1. The minimum absolute atomic E-state index is 0.560. The number of rotatable bonds is 7. The van der Waals surface area contributed by atoms with Crippen LogP contribution in [0.25, 0.3) is 0 Å². The lowest BCUT2D eigenvalue weighted by Gasteiger charge is -2.22. The molecule has 1 aromatic rings. The Labute approximate surface area is 123 Å². The highest BCUT2D eigenvalue weighted by Crippen LogP contribution is 2.28. The standard InChI is InChI=1S/C18H29NO/c1-15(2)14-20-18-11-7-6-10-17(18)19-13-12-16-8-4-3-5-9-16/h6-7,10-11,15-16,19H,3-5,8-9,12-14H2,1-2H3. The van der Waals surface area contributed by atoms with E-state index in [0.717, 1.165) is 30.5 Å². The van der Waals surface area contributed by atoms with E-state index in [4.69, 9.17) is 4.74 Å². The molecule has 0 radical (unpaired) electrons.